The van der Waals surface area contributed by atoms with Crippen LogP contribution in [-0.4, -0.2) is 4.62 Å². The summed E-state index contributed by atoms with van der Waals surface area (Å²) in [4.78, 5) is 0. The summed E-state index contributed by atoms with van der Waals surface area (Å²) >= 11 is 10.3. The van der Waals surface area contributed by atoms with Crippen LogP contribution in [0.3, 0.4) is 0 Å². The van der Waals surface area contributed by atoms with E-state index in [0.29, 0.717) is 0 Å². The van der Waals surface area contributed by atoms with Gasteiger partial charge < -0.3 is 0 Å². The summed E-state index contributed by atoms with van der Waals surface area (Å²) < 4.78 is 2.73. The first-order valence-corrected chi connectivity index (χ1v) is 7.54. The van der Waals surface area contributed by atoms with Gasteiger partial charge in [-0.25, -0.2) is 0 Å². The molecule has 0 radical (unpaired) electrons. The molecule has 0 bridgehead atoms. The lowest BCUT2D eigenvalue weighted by Crippen LogP contribution is -1.96. The van der Waals surface area contributed by atoms with E-state index in [0.717, 1.165) is 24.8 Å². The maximum atomic E-state index is 4.29. The van der Waals surface area contributed by atoms with E-state index in [4.69, 9.17) is 0 Å². The molecule has 0 spiro atoms. The van der Waals surface area contributed by atoms with Crippen LogP contribution in [0.5, 0.6) is 0 Å². The molecule has 0 atom stereocenters. The molecular formula is C13H9Br3N2. The van der Waals surface area contributed by atoms with Crippen molar-refractivity contribution in [3.63, 3.8) is 0 Å². The van der Waals surface area contributed by atoms with Crippen molar-refractivity contribution in [1.82, 2.24) is 0 Å². The van der Waals surface area contributed by atoms with Crippen molar-refractivity contribution in [2.45, 2.75) is 0 Å². The Balaban J connectivity index is 2.15. The third-order valence-corrected chi connectivity index (χ3v) is 4.00. The van der Waals surface area contributed by atoms with Crippen LogP contribution in [0, 0.1) is 0 Å². The molecule has 1 N–H and O–H groups in total. The van der Waals surface area contributed by atoms with E-state index in [1.54, 1.807) is 0 Å². The Labute approximate surface area is 131 Å². The van der Waals surface area contributed by atoms with Crippen molar-refractivity contribution in [3.05, 3.63) is 63.0 Å². The molecule has 5 heteroatoms. The Morgan fingerprint density at radius 3 is 2.39 bits per heavy atom. The Bertz CT molecular complexity index is 568. The second-order valence-corrected chi connectivity index (χ2v) is 6.03. The fourth-order valence-electron chi connectivity index (χ4n) is 1.33. The molecule has 0 saturated heterocycles. The van der Waals surface area contributed by atoms with Crippen molar-refractivity contribution in [1.29, 1.82) is 0 Å². The maximum Gasteiger partial charge on any atom is 0.133 e. The number of hydrazone groups is 1. The number of rotatable bonds is 3. The Morgan fingerprint density at radius 2 is 1.72 bits per heavy atom. The topological polar surface area (TPSA) is 24.4 Å². The predicted octanol–water partition coefficient (Wildman–Crippen LogP) is 5.38. The molecule has 0 heterocycles. The average Bonchev–Trinajstić information content (AvgIpc) is 2.38. The number of nitrogens with zero attached hydrogens (tertiary/aromatic N) is 1. The summed E-state index contributed by atoms with van der Waals surface area (Å²) in [6, 6.07) is 15.8. The maximum absolute atomic E-state index is 4.29. The smallest absolute Gasteiger partial charge is 0.133 e. The van der Waals surface area contributed by atoms with Crippen molar-refractivity contribution < 1.29 is 0 Å². The van der Waals surface area contributed by atoms with Crippen LogP contribution in [0.15, 0.2) is 62.6 Å². The van der Waals surface area contributed by atoms with Gasteiger partial charge in [0.15, 0.2) is 0 Å². The number of hydrogen-bond donors (Lipinski definition) is 1. The minimum atomic E-state index is 0.762. The van der Waals surface area contributed by atoms with Crippen LogP contribution in [0.2, 0.25) is 0 Å². The fourth-order valence-corrected chi connectivity index (χ4v) is 2.82. The zero-order chi connectivity index (χ0) is 13.0. The van der Waals surface area contributed by atoms with E-state index < -0.39 is 0 Å². The van der Waals surface area contributed by atoms with Gasteiger partial charge >= 0.3 is 0 Å². The van der Waals surface area contributed by atoms with Crippen molar-refractivity contribution in [2.24, 2.45) is 5.10 Å². The lowest BCUT2D eigenvalue weighted by atomic mass is 10.2. The van der Waals surface area contributed by atoms with Crippen molar-refractivity contribution >= 4 is 58.1 Å². The lowest BCUT2D eigenvalue weighted by molar-refractivity contribution is 1.33. The highest BCUT2D eigenvalue weighted by molar-refractivity contribution is 9.18. The van der Waals surface area contributed by atoms with E-state index >= 15 is 0 Å². The molecule has 92 valence electrons. The van der Waals surface area contributed by atoms with Gasteiger partial charge in [0.2, 0.25) is 0 Å². The third-order valence-electron chi connectivity index (χ3n) is 2.22. The van der Waals surface area contributed by atoms with Gasteiger partial charge in [-0.3, -0.25) is 5.43 Å². The lowest BCUT2D eigenvalue weighted by Gasteiger charge is -2.05. The van der Waals surface area contributed by atoms with E-state index in [1.165, 1.54) is 0 Å². The van der Waals surface area contributed by atoms with Gasteiger partial charge in [-0.05, 0) is 50.1 Å². The summed E-state index contributed by atoms with van der Waals surface area (Å²) in [5, 5.41) is 4.29. The summed E-state index contributed by atoms with van der Waals surface area (Å²) in [5.74, 6) is 0. The zero-order valence-electron chi connectivity index (χ0n) is 9.20. The molecule has 2 nitrogen and oxygen atoms in total. The van der Waals surface area contributed by atoms with E-state index in [9.17, 15) is 0 Å². The van der Waals surface area contributed by atoms with E-state index in [1.807, 2.05) is 48.5 Å². The molecular weight excluding hydrogens is 424 g/mol. The summed E-state index contributed by atoms with van der Waals surface area (Å²) in [5.41, 5.74) is 4.95. The molecule has 0 unspecified atom stereocenters. The molecule has 0 aliphatic carbocycles. The van der Waals surface area contributed by atoms with Crippen LogP contribution in [-0.2, 0) is 0 Å². The first-order valence-electron chi connectivity index (χ1n) is 5.16. The van der Waals surface area contributed by atoms with Crippen LogP contribution >= 0.6 is 47.8 Å². The van der Waals surface area contributed by atoms with Crippen molar-refractivity contribution in [3.8, 4) is 0 Å². The van der Waals surface area contributed by atoms with E-state index in [2.05, 4.69) is 58.3 Å². The Kier molecular flexibility index (Phi) is 4.97. The van der Waals surface area contributed by atoms with Gasteiger partial charge in [-0.1, -0.05) is 46.3 Å². The Hall–Kier alpha value is -0.650. The quantitative estimate of drug-likeness (QED) is 0.511. The Morgan fingerprint density at radius 1 is 1.00 bits per heavy atom. The molecule has 0 aliphatic rings. The largest absolute Gasteiger partial charge is 0.276 e. The molecule has 0 aromatic heterocycles. The normalized spacial score (nSPS) is 11.4. The number of nitrogens with one attached hydrogen (secondary N) is 1. The zero-order valence-corrected chi connectivity index (χ0v) is 14.0. The first kappa shape index (κ1) is 13.8. The molecule has 0 fully saturated rings. The van der Waals surface area contributed by atoms with Crippen LogP contribution in [0.4, 0.5) is 5.69 Å². The average molecular weight is 433 g/mol. The van der Waals surface area contributed by atoms with Gasteiger partial charge in [-0.15, -0.1) is 0 Å². The standard InChI is InChI=1S/C13H9Br3N2/c14-10-6-7-12(11(15)8-10)17-18-13(16)9-4-2-1-3-5-9/h1-8,17H. The third kappa shape index (κ3) is 3.67. The molecule has 2 aromatic rings. The van der Waals surface area contributed by atoms with Gasteiger partial charge in [0.25, 0.3) is 0 Å². The summed E-state index contributed by atoms with van der Waals surface area (Å²) in [6.45, 7) is 0. The predicted molar refractivity (Wildman–Crippen MR) is 87.4 cm³/mol. The number of hydrogen-bond acceptors (Lipinski definition) is 2. The van der Waals surface area contributed by atoms with Gasteiger partial charge in [0, 0.05) is 14.5 Å². The molecule has 18 heavy (non-hydrogen) atoms. The molecule has 0 aliphatic heterocycles. The summed E-state index contributed by atoms with van der Waals surface area (Å²) in [6.07, 6.45) is 0. The van der Waals surface area contributed by atoms with Gasteiger partial charge in [0.05, 0.1) is 5.69 Å². The fraction of sp³-hybridized carbons (Fsp3) is 0. The molecule has 0 amide bonds. The first-order chi connectivity index (χ1) is 8.66. The van der Waals surface area contributed by atoms with Gasteiger partial charge in [-0.2, -0.15) is 5.10 Å². The highest BCUT2D eigenvalue weighted by atomic mass is 79.9. The van der Waals surface area contributed by atoms with Crippen LogP contribution in [0.1, 0.15) is 5.56 Å². The monoisotopic (exact) mass is 430 g/mol. The highest BCUT2D eigenvalue weighted by Crippen LogP contribution is 2.26. The summed E-state index contributed by atoms with van der Waals surface area (Å²) in [7, 11) is 0. The number of halogens is 3. The number of anilines is 1. The number of benzene rings is 2. The van der Waals surface area contributed by atoms with Crippen LogP contribution in [0.25, 0.3) is 0 Å². The molecule has 2 rings (SSSR count). The van der Waals surface area contributed by atoms with Crippen LogP contribution < -0.4 is 5.43 Å². The molecule has 0 saturated carbocycles. The minimum absolute atomic E-state index is 0.762. The second-order valence-electron chi connectivity index (χ2n) is 3.50. The SMILES string of the molecule is BrC(=NNc1ccc(Br)cc1Br)c1ccccc1. The van der Waals surface area contributed by atoms with E-state index in [-0.39, 0.29) is 0 Å². The highest BCUT2D eigenvalue weighted by Gasteiger charge is 2.01. The molecule has 2 aromatic carbocycles. The van der Waals surface area contributed by atoms with Gasteiger partial charge in [0.1, 0.15) is 4.62 Å². The van der Waals surface area contributed by atoms with Crippen molar-refractivity contribution in [2.75, 3.05) is 5.43 Å². The minimum Gasteiger partial charge on any atom is -0.276 e. The second kappa shape index (κ2) is 6.50.